The molecule has 0 spiro atoms. The van der Waals surface area contributed by atoms with Crippen molar-refractivity contribution in [3.8, 4) is 0 Å². The standard InChI is InChI=1S/C15H25N3O2S/c1-4-20-15(19)13-12(3)17-21-14(13)16-10-11(2)18-8-6-5-7-9-18/h11,16H,4-10H2,1-3H3. The van der Waals surface area contributed by atoms with Gasteiger partial charge in [-0.1, -0.05) is 6.42 Å². The van der Waals surface area contributed by atoms with E-state index in [1.54, 1.807) is 0 Å². The van der Waals surface area contributed by atoms with Crippen LogP contribution in [0.4, 0.5) is 5.00 Å². The van der Waals surface area contributed by atoms with Crippen LogP contribution in [0, 0.1) is 6.92 Å². The van der Waals surface area contributed by atoms with E-state index in [4.69, 9.17) is 4.74 Å². The molecule has 1 aliphatic heterocycles. The molecular formula is C15H25N3O2S. The van der Waals surface area contributed by atoms with E-state index in [1.807, 2.05) is 13.8 Å². The van der Waals surface area contributed by atoms with Crippen LogP contribution >= 0.6 is 11.5 Å². The second-order valence-electron chi connectivity index (χ2n) is 5.52. The summed E-state index contributed by atoms with van der Waals surface area (Å²) in [5.41, 5.74) is 1.33. The van der Waals surface area contributed by atoms with Gasteiger partial charge in [-0.3, -0.25) is 4.90 Å². The summed E-state index contributed by atoms with van der Waals surface area (Å²) >= 11 is 1.34. The summed E-state index contributed by atoms with van der Waals surface area (Å²) in [6.45, 7) is 9.47. The van der Waals surface area contributed by atoms with Gasteiger partial charge < -0.3 is 10.1 Å². The van der Waals surface area contributed by atoms with Crippen molar-refractivity contribution >= 4 is 22.5 Å². The molecule has 118 valence electrons. The van der Waals surface area contributed by atoms with Crippen LogP contribution in [0.1, 0.15) is 49.2 Å². The Labute approximate surface area is 130 Å². The second kappa shape index (κ2) is 7.75. The summed E-state index contributed by atoms with van der Waals surface area (Å²) < 4.78 is 9.38. The molecule has 0 aromatic carbocycles. The SMILES string of the molecule is CCOC(=O)c1c(C)nsc1NCC(C)N1CCCCC1. The fourth-order valence-corrected chi connectivity index (χ4v) is 3.45. The van der Waals surface area contributed by atoms with Crippen molar-refractivity contribution < 1.29 is 9.53 Å². The molecule has 1 N–H and O–H groups in total. The molecule has 0 amide bonds. The molecule has 1 aromatic rings. The van der Waals surface area contributed by atoms with Gasteiger partial charge in [-0.2, -0.15) is 4.37 Å². The molecule has 5 nitrogen and oxygen atoms in total. The van der Waals surface area contributed by atoms with Crippen LogP contribution in [0.5, 0.6) is 0 Å². The monoisotopic (exact) mass is 311 g/mol. The Morgan fingerprint density at radius 1 is 1.43 bits per heavy atom. The summed E-state index contributed by atoms with van der Waals surface area (Å²) in [5.74, 6) is -0.281. The smallest absolute Gasteiger partial charge is 0.343 e. The normalized spacial score (nSPS) is 17.5. The predicted molar refractivity (Wildman–Crippen MR) is 86.2 cm³/mol. The van der Waals surface area contributed by atoms with Gasteiger partial charge in [0.05, 0.1) is 12.3 Å². The van der Waals surface area contributed by atoms with Crippen LogP contribution < -0.4 is 5.32 Å². The highest BCUT2D eigenvalue weighted by Crippen LogP contribution is 2.25. The first kappa shape index (κ1) is 16.2. The van der Waals surface area contributed by atoms with Crippen molar-refractivity contribution in [1.82, 2.24) is 9.27 Å². The van der Waals surface area contributed by atoms with Gasteiger partial charge in [-0.05, 0) is 58.2 Å². The topological polar surface area (TPSA) is 54.5 Å². The van der Waals surface area contributed by atoms with Crippen molar-refractivity contribution in [2.45, 2.75) is 46.1 Å². The van der Waals surface area contributed by atoms with Crippen LogP contribution in [0.25, 0.3) is 0 Å². The third-order valence-corrected chi connectivity index (χ3v) is 4.81. The van der Waals surface area contributed by atoms with Crippen LogP contribution in [0.2, 0.25) is 0 Å². The molecule has 1 fully saturated rings. The van der Waals surface area contributed by atoms with E-state index in [2.05, 4.69) is 21.5 Å². The van der Waals surface area contributed by atoms with Gasteiger partial charge >= 0.3 is 5.97 Å². The highest BCUT2D eigenvalue weighted by molar-refractivity contribution is 7.10. The van der Waals surface area contributed by atoms with Gasteiger partial charge in [-0.25, -0.2) is 4.79 Å². The fourth-order valence-electron chi connectivity index (χ4n) is 2.66. The molecule has 0 saturated carbocycles. The van der Waals surface area contributed by atoms with Crippen molar-refractivity contribution in [3.05, 3.63) is 11.3 Å². The molecular weight excluding hydrogens is 286 g/mol. The first-order valence-electron chi connectivity index (χ1n) is 7.74. The van der Waals surface area contributed by atoms with Crippen molar-refractivity contribution in [2.24, 2.45) is 0 Å². The second-order valence-corrected chi connectivity index (χ2v) is 6.29. The Morgan fingerprint density at radius 3 is 2.81 bits per heavy atom. The van der Waals surface area contributed by atoms with Gasteiger partial charge in [-0.15, -0.1) is 0 Å². The van der Waals surface area contributed by atoms with Gasteiger partial charge in [0.2, 0.25) is 0 Å². The largest absolute Gasteiger partial charge is 0.462 e. The van der Waals surface area contributed by atoms with Gasteiger partial charge in [0.1, 0.15) is 10.6 Å². The zero-order valence-electron chi connectivity index (χ0n) is 13.1. The zero-order chi connectivity index (χ0) is 15.2. The number of nitrogens with one attached hydrogen (secondary N) is 1. The van der Waals surface area contributed by atoms with E-state index in [-0.39, 0.29) is 5.97 Å². The number of anilines is 1. The summed E-state index contributed by atoms with van der Waals surface area (Å²) in [4.78, 5) is 14.5. The minimum Gasteiger partial charge on any atom is -0.462 e. The van der Waals surface area contributed by atoms with E-state index in [1.165, 1.54) is 43.9 Å². The summed E-state index contributed by atoms with van der Waals surface area (Å²) in [6, 6.07) is 0.461. The van der Waals surface area contributed by atoms with Gasteiger partial charge in [0.25, 0.3) is 0 Å². The number of esters is 1. The molecule has 1 aromatic heterocycles. The Hall–Kier alpha value is -1.14. The number of carbonyl (C=O) groups excluding carboxylic acids is 1. The Bertz CT molecular complexity index is 469. The Kier molecular flexibility index (Phi) is 5.99. The van der Waals surface area contributed by atoms with E-state index in [9.17, 15) is 4.79 Å². The van der Waals surface area contributed by atoms with E-state index in [0.717, 1.165) is 17.2 Å². The minimum absolute atomic E-state index is 0.281. The van der Waals surface area contributed by atoms with E-state index in [0.29, 0.717) is 18.2 Å². The molecule has 6 heteroatoms. The molecule has 2 heterocycles. The zero-order valence-corrected chi connectivity index (χ0v) is 14.0. The summed E-state index contributed by atoms with van der Waals surface area (Å²) in [6.07, 6.45) is 3.92. The van der Waals surface area contributed by atoms with E-state index < -0.39 is 0 Å². The molecule has 1 unspecified atom stereocenters. The lowest BCUT2D eigenvalue weighted by molar-refractivity contribution is 0.0527. The average Bonchev–Trinajstić information content (AvgIpc) is 2.87. The van der Waals surface area contributed by atoms with Crippen molar-refractivity contribution in [3.63, 3.8) is 0 Å². The maximum absolute atomic E-state index is 12.0. The summed E-state index contributed by atoms with van der Waals surface area (Å²) in [7, 11) is 0. The first-order valence-corrected chi connectivity index (χ1v) is 8.52. The number of likely N-dealkylation sites (tertiary alicyclic amines) is 1. The molecule has 0 radical (unpaired) electrons. The Balaban J connectivity index is 1.95. The Morgan fingerprint density at radius 2 is 2.14 bits per heavy atom. The van der Waals surface area contributed by atoms with Gasteiger partial charge in [0.15, 0.2) is 0 Å². The highest BCUT2D eigenvalue weighted by Gasteiger charge is 2.21. The minimum atomic E-state index is -0.281. The molecule has 21 heavy (non-hydrogen) atoms. The highest BCUT2D eigenvalue weighted by atomic mass is 32.1. The molecule has 0 aliphatic carbocycles. The molecule has 2 rings (SSSR count). The van der Waals surface area contributed by atoms with Crippen LogP contribution in [0.15, 0.2) is 0 Å². The first-order chi connectivity index (χ1) is 10.1. The van der Waals surface area contributed by atoms with Crippen LogP contribution in [-0.2, 0) is 4.74 Å². The molecule has 1 atom stereocenters. The molecule has 1 aliphatic rings. The molecule has 0 bridgehead atoms. The quantitative estimate of drug-likeness (QED) is 0.819. The maximum atomic E-state index is 12.0. The lowest BCUT2D eigenvalue weighted by Gasteiger charge is -2.32. The van der Waals surface area contributed by atoms with Crippen molar-refractivity contribution in [1.29, 1.82) is 0 Å². The number of nitrogens with zero attached hydrogens (tertiary/aromatic N) is 2. The predicted octanol–water partition coefficient (Wildman–Crippen LogP) is 2.91. The number of rotatable bonds is 6. The van der Waals surface area contributed by atoms with Gasteiger partial charge in [0, 0.05) is 12.6 Å². The third-order valence-electron chi connectivity index (χ3n) is 3.91. The number of carbonyl (C=O) groups is 1. The third kappa shape index (κ3) is 4.17. The molecule has 1 saturated heterocycles. The number of ether oxygens (including phenoxy) is 1. The maximum Gasteiger partial charge on any atom is 0.343 e. The van der Waals surface area contributed by atoms with Crippen molar-refractivity contribution in [2.75, 3.05) is 31.6 Å². The number of hydrogen-bond acceptors (Lipinski definition) is 6. The fraction of sp³-hybridized carbons (Fsp3) is 0.733. The lowest BCUT2D eigenvalue weighted by Crippen LogP contribution is -2.41. The number of piperidine rings is 1. The number of aromatic nitrogens is 1. The number of aryl methyl sites for hydroxylation is 1. The lowest BCUT2D eigenvalue weighted by atomic mass is 10.1. The van der Waals surface area contributed by atoms with Crippen LogP contribution in [0.3, 0.4) is 0 Å². The average molecular weight is 311 g/mol. The summed E-state index contributed by atoms with van der Waals surface area (Å²) in [5, 5.41) is 4.21. The van der Waals surface area contributed by atoms with E-state index >= 15 is 0 Å². The van der Waals surface area contributed by atoms with Crippen LogP contribution in [-0.4, -0.2) is 47.5 Å². The number of hydrogen-bond donors (Lipinski definition) is 1.